The van der Waals surface area contributed by atoms with E-state index in [0.29, 0.717) is 5.69 Å². The number of aromatic nitrogens is 2. The molecule has 0 aromatic carbocycles. The van der Waals surface area contributed by atoms with Crippen LogP contribution in [0.4, 0.5) is 4.39 Å². The Kier molecular flexibility index (Phi) is 2.75. The van der Waals surface area contributed by atoms with Crippen molar-refractivity contribution in [1.82, 2.24) is 9.97 Å². The van der Waals surface area contributed by atoms with E-state index in [9.17, 15) is 4.39 Å². The highest BCUT2D eigenvalue weighted by Crippen LogP contribution is 2.23. The molecule has 0 fully saturated rings. The fourth-order valence-electron chi connectivity index (χ4n) is 1.12. The monoisotopic (exact) mass is 223 g/mol. The van der Waals surface area contributed by atoms with Crippen LogP contribution in [0.2, 0.25) is 0 Å². The predicted molar refractivity (Wildman–Crippen MR) is 57.9 cm³/mol. The Balaban J connectivity index is 2.33. The molecule has 15 heavy (non-hydrogen) atoms. The molecule has 2 N–H and O–H groups in total. The Labute approximate surface area is 90.8 Å². The zero-order valence-corrected chi connectivity index (χ0v) is 8.96. The number of rotatable bonds is 2. The van der Waals surface area contributed by atoms with Gasteiger partial charge in [0.05, 0.1) is 17.6 Å². The molecule has 0 saturated heterocycles. The normalized spacial score (nSPS) is 12.7. The Bertz CT molecular complexity index is 450. The summed E-state index contributed by atoms with van der Waals surface area (Å²) >= 11 is 1.46. The summed E-state index contributed by atoms with van der Waals surface area (Å²) in [4.78, 5) is 8.27. The van der Waals surface area contributed by atoms with E-state index >= 15 is 0 Å². The quantitative estimate of drug-likeness (QED) is 0.850. The van der Waals surface area contributed by atoms with Crippen molar-refractivity contribution >= 4 is 11.3 Å². The maximum Gasteiger partial charge on any atom is 0.142 e. The maximum atomic E-state index is 12.6. The van der Waals surface area contributed by atoms with Gasteiger partial charge < -0.3 is 5.73 Å². The third-order valence-corrected chi connectivity index (χ3v) is 2.82. The van der Waals surface area contributed by atoms with E-state index in [1.165, 1.54) is 23.6 Å². The minimum Gasteiger partial charge on any atom is -0.323 e. The van der Waals surface area contributed by atoms with E-state index < -0.39 is 0 Å². The second kappa shape index (κ2) is 4.04. The molecule has 2 aromatic rings. The summed E-state index contributed by atoms with van der Waals surface area (Å²) in [5.74, 6) is -0.345. The highest BCUT2D eigenvalue weighted by Gasteiger charge is 2.08. The summed E-state index contributed by atoms with van der Waals surface area (Å²) in [5, 5.41) is 2.66. The van der Waals surface area contributed by atoms with Crippen molar-refractivity contribution in [2.75, 3.05) is 0 Å². The van der Waals surface area contributed by atoms with Crippen LogP contribution in [0.1, 0.15) is 18.7 Å². The van der Waals surface area contributed by atoms with Gasteiger partial charge >= 0.3 is 0 Å². The molecule has 78 valence electrons. The number of nitrogens with zero attached hydrogens (tertiary/aromatic N) is 2. The Morgan fingerprint density at radius 1 is 1.47 bits per heavy atom. The molecule has 0 aliphatic heterocycles. The number of pyridine rings is 1. The SMILES string of the molecule is CC(N)c1csc(-c2ccc(F)cn2)n1. The number of hydrogen-bond donors (Lipinski definition) is 1. The third kappa shape index (κ3) is 2.19. The van der Waals surface area contributed by atoms with Crippen LogP contribution in [0.3, 0.4) is 0 Å². The maximum absolute atomic E-state index is 12.6. The average Bonchev–Trinajstić information content (AvgIpc) is 2.68. The first-order valence-electron chi connectivity index (χ1n) is 4.50. The van der Waals surface area contributed by atoms with Crippen molar-refractivity contribution in [2.24, 2.45) is 5.73 Å². The zero-order chi connectivity index (χ0) is 10.8. The van der Waals surface area contributed by atoms with Crippen LogP contribution in [0.15, 0.2) is 23.7 Å². The lowest BCUT2D eigenvalue weighted by Gasteiger charge is -1.97. The van der Waals surface area contributed by atoms with Gasteiger partial charge in [0.1, 0.15) is 10.8 Å². The minimum atomic E-state index is -0.345. The summed E-state index contributed by atoms with van der Waals surface area (Å²) in [6.07, 6.45) is 1.18. The summed E-state index contributed by atoms with van der Waals surface area (Å²) in [7, 11) is 0. The number of halogens is 1. The smallest absolute Gasteiger partial charge is 0.142 e. The minimum absolute atomic E-state index is 0.0875. The summed E-state index contributed by atoms with van der Waals surface area (Å²) in [6, 6.07) is 2.89. The van der Waals surface area contributed by atoms with Gasteiger partial charge in [0, 0.05) is 11.4 Å². The molecular formula is C10H10FN3S. The van der Waals surface area contributed by atoms with Crippen molar-refractivity contribution in [2.45, 2.75) is 13.0 Å². The first-order chi connectivity index (χ1) is 7.16. The standard InChI is InChI=1S/C10H10FN3S/c1-6(12)9-5-15-10(14-9)8-3-2-7(11)4-13-8/h2-6H,12H2,1H3. The fraction of sp³-hybridized carbons (Fsp3) is 0.200. The van der Waals surface area contributed by atoms with E-state index in [0.717, 1.165) is 10.7 Å². The summed E-state index contributed by atoms with van der Waals surface area (Å²) in [6.45, 7) is 1.87. The van der Waals surface area contributed by atoms with E-state index in [-0.39, 0.29) is 11.9 Å². The molecule has 0 amide bonds. The highest BCUT2D eigenvalue weighted by molar-refractivity contribution is 7.13. The van der Waals surface area contributed by atoms with Gasteiger partial charge in [-0.15, -0.1) is 11.3 Å². The fourth-order valence-corrected chi connectivity index (χ4v) is 2.01. The van der Waals surface area contributed by atoms with Gasteiger partial charge in [-0.2, -0.15) is 0 Å². The zero-order valence-electron chi connectivity index (χ0n) is 8.14. The van der Waals surface area contributed by atoms with E-state index in [2.05, 4.69) is 9.97 Å². The molecule has 1 unspecified atom stereocenters. The lowest BCUT2D eigenvalue weighted by molar-refractivity contribution is 0.622. The predicted octanol–water partition coefficient (Wildman–Crippen LogP) is 2.36. The molecule has 0 aliphatic carbocycles. The second-order valence-corrected chi connectivity index (χ2v) is 4.09. The topological polar surface area (TPSA) is 51.8 Å². The number of hydrogen-bond acceptors (Lipinski definition) is 4. The number of nitrogens with two attached hydrogens (primary N) is 1. The van der Waals surface area contributed by atoms with Crippen LogP contribution in [0.5, 0.6) is 0 Å². The first-order valence-corrected chi connectivity index (χ1v) is 5.37. The van der Waals surface area contributed by atoms with E-state index in [1.807, 2.05) is 12.3 Å². The Hall–Kier alpha value is -1.33. The first kappa shape index (κ1) is 10.2. The molecule has 0 radical (unpaired) electrons. The molecule has 0 spiro atoms. The molecule has 2 heterocycles. The molecule has 0 bridgehead atoms. The van der Waals surface area contributed by atoms with Crippen LogP contribution in [0, 0.1) is 5.82 Å². The summed E-state index contributed by atoms with van der Waals surface area (Å²) in [5.41, 5.74) is 7.20. The van der Waals surface area contributed by atoms with Gasteiger partial charge in [0.25, 0.3) is 0 Å². The van der Waals surface area contributed by atoms with Gasteiger partial charge in [-0.3, -0.25) is 4.98 Å². The molecule has 0 saturated carbocycles. The van der Waals surface area contributed by atoms with Crippen LogP contribution < -0.4 is 5.73 Å². The molecule has 0 aliphatic rings. The lowest BCUT2D eigenvalue weighted by atomic mass is 10.3. The van der Waals surface area contributed by atoms with Crippen LogP contribution in [-0.2, 0) is 0 Å². The molecule has 1 atom stereocenters. The van der Waals surface area contributed by atoms with Crippen molar-refractivity contribution in [3.63, 3.8) is 0 Å². The molecule has 3 nitrogen and oxygen atoms in total. The van der Waals surface area contributed by atoms with Crippen LogP contribution in [0.25, 0.3) is 10.7 Å². The van der Waals surface area contributed by atoms with Gasteiger partial charge in [-0.1, -0.05) is 0 Å². The molecule has 5 heteroatoms. The molecule has 2 rings (SSSR count). The van der Waals surface area contributed by atoms with Crippen molar-refractivity contribution in [3.8, 4) is 10.7 Å². The highest BCUT2D eigenvalue weighted by atomic mass is 32.1. The average molecular weight is 223 g/mol. The van der Waals surface area contributed by atoms with Gasteiger partial charge in [-0.05, 0) is 19.1 Å². The second-order valence-electron chi connectivity index (χ2n) is 3.23. The number of thiazole rings is 1. The van der Waals surface area contributed by atoms with E-state index in [1.54, 1.807) is 6.07 Å². The van der Waals surface area contributed by atoms with Crippen LogP contribution >= 0.6 is 11.3 Å². The molecule has 2 aromatic heterocycles. The van der Waals surface area contributed by atoms with Crippen molar-refractivity contribution in [3.05, 3.63) is 35.2 Å². The van der Waals surface area contributed by atoms with E-state index in [4.69, 9.17) is 5.73 Å². The van der Waals surface area contributed by atoms with Gasteiger partial charge in [0.2, 0.25) is 0 Å². The van der Waals surface area contributed by atoms with Crippen molar-refractivity contribution < 1.29 is 4.39 Å². The largest absolute Gasteiger partial charge is 0.323 e. The lowest BCUT2D eigenvalue weighted by Crippen LogP contribution is -2.04. The van der Waals surface area contributed by atoms with Gasteiger partial charge in [0.15, 0.2) is 0 Å². The van der Waals surface area contributed by atoms with Crippen LogP contribution in [-0.4, -0.2) is 9.97 Å². The molecular weight excluding hydrogens is 213 g/mol. The Morgan fingerprint density at radius 2 is 2.27 bits per heavy atom. The third-order valence-electron chi connectivity index (χ3n) is 1.93. The Morgan fingerprint density at radius 3 is 2.80 bits per heavy atom. The van der Waals surface area contributed by atoms with Gasteiger partial charge in [-0.25, -0.2) is 9.37 Å². The summed E-state index contributed by atoms with van der Waals surface area (Å²) < 4.78 is 12.6. The van der Waals surface area contributed by atoms with Crippen molar-refractivity contribution in [1.29, 1.82) is 0 Å².